The van der Waals surface area contributed by atoms with Gasteiger partial charge < -0.3 is 9.84 Å². The van der Waals surface area contributed by atoms with Crippen molar-refractivity contribution in [1.29, 1.82) is 0 Å². The quantitative estimate of drug-likeness (QED) is 0.841. The normalized spacial score (nSPS) is 13.2. The lowest BCUT2D eigenvalue weighted by Gasteiger charge is -2.07. The summed E-state index contributed by atoms with van der Waals surface area (Å²) in [4.78, 5) is 12.1. The average molecular weight is 246 g/mol. The Morgan fingerprint density at radius 2 is 2.24 bits per heavy atom. The average Bonchev–Trinajstić information content (AvgIpc) is 2.71. The second-order valence-electron chi connectivity index (χ2n) is 3.89. The summed E-state index contributed by atoms with van der Waals surface area (Å²) in [6.07, 6.45) is 0.871. The van der Waals surface area contributed by atoms with E-state index in [0.29, 0.717) is 12.2 Å². The molecule has 0 aliphatic carbocycles. The number of fused-ring (bicyclic) bond motifs is 3. The molecule has 1 aliphatic rings. The Morgan fingerprint density at radius 3 is 3.06 bits per heavy atom. The molecule has 17 heavy (non-hydrogen) atoms. The third-order valence-corrected chi connectivity index (χ3v) is 3.84. The van der Waals surface area contributed by atoms with Crippen LogP contribution in [0.5, 0.6) is 5.75 Å². The number of benzene rings is 1. The number of hydrogen-bond acceptors (Lipinski definition) is 3. The minimum atomic E-state index is -0.907. The molecule has 0 unspecified atom stereocenters. The fourth-order valence-corrected chi connectivity index (χ4v) is 2.98. The van der Waals surface area contributed by atoms with Crippen molar-refractivity contribution in [3.05, 3.63) is 40.8 Å². The summed E-state index contributed by atoms with van der Waals surface area (Å²) >= 11 is 1.63. The van der Waals surface area contributed by atoms with Crippen molar-refractivity contribution < 1.29 is 14.6 Å². The summed E-state index contributed by atoms with van der Waals surface area (Å²) in [5.41, 5.74) is 2.43. The van der Waals surface area contributed by atoms with Crippen molar-refractivity contribution >= 4 is 17.3 Å². The number of carbonyl (C=O) groups is 1. The number of aromatic carboxylic acids is 1. The zero-order valence-electron chi connectivity index (χ0n) is 8.97. The Bertz CT molecular complexity index is 586. The van der Waals surface area contributed by atoms with Crippen LogP contribution in [0.15, 0.2) is 29.6 Å². The van der Waals surface area contributed by atoms with Gasteiger partial charge in [-0.15, -0.1) is 11.3 Å². The molecule has 3 rings (SSSR count). The van der Waals surface area contributed by atoms with Gasteiger partial charge in [-0.3, -0.25) is 0 Å². The lowest BCUT2D eigenvalue weighted by Crippen LogP contribution is -1.99. The Hall–Kier alpha value is -1.81. The fraction of sp³-hybridized carbons (Fsp3) is 0.154. The molecule has 0 atom stereocenters. The van der Waals surface area contributed by atoms with E-state index < -0.39 is 5.97 Å². The molecule has 3 nitrogen and oxygen atoms in total. The van der Waals surface area contributed by atoms with Crippen LogP contribution in [0.1, 0.15) is 15.9 Å². The number of hydrogen-bond donors (Lipinski definition) is 1. The molecule has 1 aliphatic heterocycles. The van der Waals surface area contributed by atoms with E-state index in [1.807, 2.05) is 5.38 Å². The number of thiophene rings is 1. The molecule has 1 N–H and O–H groups in total. The van der Waals surface area contributed by atoms with Gasteiger partial charge in [-0.2, -0.15) is 0 Å². The summed E-state index contributed by atoms with van der Waals surface area (Å²) in [5, 5.41) is 11.1. The van der Waals surface area contributed by atoms with Crippen LogP contribution in [0.4, 0.5) is 0 Å². The molecule has 0 radical (unpaired) electrons. The zero-order valence-corrected chi connectivity index (χ0v) is 9.79. The summed E-state index contributed by atoms with van der Waals surface area (Å²) in [7, 11) is 0. The predicted octanol–water partition coefficient (Wildman–Crippen LogP) is 3.05. The highest BCUT2D eigenvalue weighted by molar-refractivity contribution is 7.13. The fourth-order valence-electron chi connectivity index (χ4n) is 2.01. The summed E-state index contributed by atoms with van der Waals surface area (Å²) < 4.78 is 5.64. The third kappa shape index (κ3) is 1.70. The molecular formula is C13H10O3S. The second kappa shape index (κ2) is 3.89. The maximum atomic E-state index is 11.0. The largest absolute Gasteiger partial charge is 0.493 e. The molecule has 0 amide bonds. The van der Waals surface area contributed by atoms with Crippen LogP contribution in [0.2, 0.25) is 0 Å². The number of ether oxygens (including phenoxy) is 1. The molecule has 0 bridgehead atoms. The van der Waals surface area contributed by atoms with Crippen molar-refractivity contribution in [1.82, 2.24) is 0 Å². The van der Waals surface area contributed by atoms with Crippen LogP contribution < -0.4 is 4.74 Å². The van der Waals surface area contributed by atoms with Crippen molar-refractivity contribution in [2.45, 2.75) is 6.42 Å². The Morgan fingerprint density at radius 1 is 1.35 bits per heavy atom. The van der Waals surface area contributed by atoms with Crippen LogP contribution >= 0.6 is 11.3 Å². The smallest absolute Gasteiger partial charge is 0.335 e. The standard InChI is InChI=1S/C13H10O3S/c14-13(15)9-1-2-11-10(7-9)12-8(3-5-16-11)4-6-17-12/h1-2,4,6-7H,3,5H2,(H,14,15). The van der Waals surface area contributed by atoms with Gasteiger partial charge in [-0.05, 0) is 35.2 Å². The van der Waals surface area contributed by atoms with Gasteiger partial charge in [0.05, 0.1) is 12.2 Å². The van der Waals surface area contributed by atoms with Crippen molar-refractivity contribution in [3.8, 4) is 16.2 Å². The highest BCUT2D eigenvalue weighted by atomic mass is 32.1. The minimum Gasteiger partial charge on any atom is -0.493 e. The Labute approximate surface area is 102 Å². The lowest BCUT2D eigenvalue weighted by atomic mass is 10.1. The van der Waals surface area contributed by atoms with Crippen LogP contribution in [-0.2, 0) is 6.42 Å². The predicted molar refractivity (Wildman–Crippen MR) is 65.9 cm³/mol. The molecule has 2 aromatic rings. The van der Waals surface area contributed by atoms with Gasteiger partial charge in [-0.25, -0.2) is 4.79 Å². The first kappa shape index (κ1) is 10.4. The molecule has 1 aromatic heterocycles. The van der Waals surface area contributed by atoms with E-state index in [2.05, 4.69) is 6.07 Å². The highest BCUT2D eigenvalue weighted by Gasteiger charge is 2.18. The maximum absolute atomic E-state index is 11.0. The second-order valence-corrected chi connectivity index (χ2v) is 4.81. The van der Waals surface area contributed by atoms with Crippen LogP contribution in [-0.4, -0.2) is 17.7 Å². The first-order valence-electron chi connectivity index (χ1n) is 5.32. The van der Waals surface area contributed by atoms with Gasteiger partial charge in [-0.1, -0.05) is 0 Å². The molecule has 0 fully saturated rings. The molecule has 4 heteroatoms. The first-order chi connectivity index (χ1) is 8.25. The van der Waals surface area contributed by atoms with Crippen molar-refractivity contribution in [3.63, 3.8) is 0 Å². The summed E-state index contributed by atoms with van der Waals surface area (Å²) in [6, 6.07) is 7.09. The van der Waals surface area contributed by atoms with Gasteiger partial charge in [0.2, 0.25) is 0 Å². The number of carboxylic acids is 1. The van der Waals surface area contributed by atoms with Crippen LogP contribution in [0.3, 0.4) is 0 Å². The summed E-state index contributed by atoms with van der Waals surface area (Å²) in [6.45, 7) is 0.642. The van der Waals surface area contributed by atoms with Crippen LogP contribution in [0, 0.1) is 0 Å². The molecule has 0 saturated carbocycles. The van der Waals surface area contributed by atoms with Gasteiger partial charge in [0, 0.05) is 16.9 Å². The van der Waals surface area contributed by atoms with E-state index in [-0.39, 0.29) is 0 Å². The maximum Gasteiger partial charge on any atom is 0.335 e. The SMILES string of the molecule is O=C(O)c1ccc2c(c1)-c1sccc1CCO2. The molecular weight excluding hydrogens is 236 g/mol. The van der Waals surface area contributed by atoms with Crippen molar-refractivity contribution in [2.75, 3.05) is 6.61 Å². The molecule has 0 spiro atoms. The van der Waals surface area contributed by atoms with E-state index in [9.17, 15) is 4.79 Å². The monoisotopic (exact) mass is 246 g/mol. The van der Waals surface area contributed by atoms with Gasteiger partial charge in [0.1, 0.15) is 5.75 Å². The highest BCUT2D eigenvalue weighted by Crippen LogP contribution is 2.39. The minimum absolute atomic E-state index is 0.300. The van der Waals surface area contributed by atoms with E-state index >= 15 is 0 Å². The molecule has 0 saturated heterocycles. The van der Waals surface area contributed by atoms with E-state index in [1.165, 1.54) is 5.56 Å². The van der Waals surface area contributed by atoms with Gasteiger partial charge in [0.15, 0.2) is 0 Å². The Balaban J connectivity index is 2.22. The number of carboxylic acid groups (broad SMARTS) is 1. The molecule has 1 aromatic carbocycles. The third-order valence-electron chi connectivity index (χ3n) is 2.85. The van der Waals surface area contributed by atoms with Gasteiger partial charge >= 0.3 is 5.97 Å². The van der Waals surface area contributed by atoms with Crippen LogP contribution in [0.25, 0.3) is 10.4 Å². The van der Waals surface area contributed by atoms with E-state index in [4.69, 9.17) is 9.84 Å². The van der Waals surface area contributed by atoms with Crippen molar-refractivity contribution in [2.24, 2.45) is 0 Å². The van der Waals surface area contributed by atoms with Gasteiger partial charge in [0.25, 0.3) is 0 Å². The zero-order chi connectivity index (χ0) is 11.8. The Kier molecular flexibility index (Phi) is 2.37. The van der Waals surface area contributed by atoms with E-state index in [0.717, 1.165) is 22.6 Å². The molecule has 2 heterocycles. The van der Waals surface area contributed by atoms with E-state index in [1.54, 1.807) is 29.5 Å². The lowest BCUT2D eigenvalue weighted by molar-refractivity contribution is 0.0697. The molecule has 86 valence electrons. The topological polar surface area (TPSA) is 46.5 Å². The first-order valence-corrected chi connectivity index (χ1v) is 6.20. The number of rotatable bonds is 1. The summed E-state index contributed by atoms with van der Waals surface area (Å²) in [5.74, 6) is -0.133.